The van der Waals surface area contributed by atoms with Gasteiger partial charge in [0.1, 0.15) is 6.04 Å². The summed E-state index contributed by atoms with van der Waals surface area (Å²) < 4.78 is 0. The number of carboxylic acid groups (broad SMARTS) is 1. The summed E-state index contributed by atoms with van der Waals surface area (Å²) in [6.07, 6.45) is -0.129. The van der Waals surface area contributed by atoms with E-state index in [4.69, 9.17) is 28.3 Å². The van der Waals surface area contributed by atoms with Crippen LogP contribution in [0.3, 0.4) is 0 Å². The zero-order valence-electron chi connectivity index (χ0n) is 13.4. The van der Waals surface area contributed by atoms with Crippen LogP contribution in [0.15, 0.2) is 42.5 Å². The van der Waals surface area contributed by atoms with E-state index in [0.29, 0.717) is 27.0 Å². The molecule has 3 rings (SSSR count). The maximum absolute atomic E-state index is 12.6. The molecule has 1 unspecified atom stereocenters. The van der Waals surface area contributed by atoms with E-state index in [-0.39, 0.29) is 18.7 Å². The van der Waals surface area contributed by atoms with E-state index in [1.807, 2.05) is 0 Å². The number of carbonyl (C=O) groups excluding carboxylic acids is 2. The Balaban J connectivity index is 1.77. The SMILES string of the molecule is O=C(O)Cc1ccc(N2C(=O)CC(Nc3ccc(Cl)cc3Cl)C2=O)cc1. The summed E-state index contributed by atoms with van der Waals surface area (Å²) in [6.45, 7) is 0. The number of nitrogens with zero attached hydrogens (tertiary/aromatic N) is 1. The molecule has 0 radical (unpaired) electrons. The smallest absolute Gasteiger partial charge is 0.307 e. The first-order valence-electron chi connectivity index (χ1n) is 7.74. The molecule has 8 heteroatoms. The number of rotatable bonds is 5. The van der Waals surface area contributed by atoms with Crippen LogP contribution >= 0.6 is 23.2 Å². The van der Waals surface area contributed by atoms with Gasteiger partial charge in [-0.15, -0.1) is 0 Å². The minimum absolute atomic E-state index is 0.00529. The quantitative estimate of drug-likeness (QED) is 0.761. The first-order chi connectivity index (χ1) is 12.3. The molecule has 0 bridgehead atoms. The monoisotopic (exact) mass is 392 g/mol. The standard InChI is InChI=1S/C18H14Cl2N2O4/c19-11-3-6-14(13(20)8-11)21-15-9-16(23)22(18(15)26)12-4-1-10(2-5-12)7-17(24)25/h1-6,8,15,21H,7,9H2,(H,24,25). The van der Waals surface area contributed by atoms with Crippen LogP contribution in [0.2, 0.25) is 10.0 Å². The average Bonchev–Trinajstić information content (AvgIpc) is 2.84. The highest BCUT2D eigenvalue weighted by Gasteiger charge is 2.39. The number of benzene rings is 2. The van der Waals surface area contributed by atoms with Gasteiger partial charge in [0.15, 0.2) is 0 Å². The number of hydrogen-bond acceptors (Lipinski definition) is 4. The number of imide groups is 1. The fourth-order valence-electron chi connectivity index (χ4n) is 2.75. The van der Waals surface area contributed by atoms with Gasteiger partial charge in [0.2, 0.25) is 5.91 Å². The van der Waals surface area contributed by atoms with Crippen LogP contribution in [0.1, 0.15) is 12.0 Å². The third kappa shape index (κ3) is 3.81. The van der Waals surface area contributed by atoms with Gasteiger partial charge in [-0.2, -0.15) is 0 Å². The first-order valence-corrected chi connectivity index (χ1v) is 8.50. The molecule has 26 heavy (non-hydrogen) atoms. The Kier molecular flexibility index (Phi) is 5.15. The molecule has 1 heterocycles. The Bertz CT molecular complexity index is 883. The predicted molar refractivity (Wildman–Crippen MR) is 98.8 cm³/mol. The third-order valence-corrected chi connectivity index (χ3v) is 4.51. The summed E-state index contributed by atoms with van der Waals surface area (Å²) in [6, 6.07) is 10.4. The van der Waals surface area contributed by atoms with Crippen LogP contribution in [0.5, 0.6) is 0 Å². The van der Waals surface area contributed by atoms with Crippen molar-refractivity contribution < 1.29 is 19.5 Å². The van der Waals surface area contributed by atoms with Gasteiger partial charge in [0.05, 0.1) is 29.2 Å². The molecule has 0 aliphatic carbocycles. The van der Waals surface area contributed by atoms with E-state index in [0.717, 1.165) is 4.90 Å². The number of carboxylic acids is 1. The molecule has 0 spiro atoms. The van der Waals surface area contributed by atoms with Crippen LogP contribution in [-0.2, 0) is 20.8 Å². The van der Waals surface area contributed by atoms with Gasteiger partial charge in [0.25, 0.3) is 5.91 Å². The summed E-state index contributed by atoms with van der Waals surface area (Å²) in [5.41, 5.74) is 1.50. The fraction of sp³-hybridized carbons (Fsp3) is 0.167. The lowest BCUT2D eigenvalue weighted by Crippen LogP contribution is -2.34. The lowest BCUT2D eigenvalue weighted by molar-refractivity contribution is -0.136. The Morgan fingerprint density at radius 3 is 2.46 bits per heavy atom. The summed E-state index contributed by atoms with van der Waals surface area (Å²) in [5, 5.41) is 12.6. The molecule has 0 aromatic heterocycles. The summed E-state index contributed by atoms with van der Waals surface area (Å²) in [5.74, 6) is -1.69. The Hall–Kier alpha value is -2.57. The van der Waals surface area contributed by atoms with E-state index in [1.165, 1.54) is 0 Å². The van der Waals surface area contributed by atoms with Gasteiger partial charge in [-0.05, 0) is 35.9 Å². The lowest BCUT2D eigenvalue weighted by atomic mass is 10.1. The highest BCUT2D eigenvalue weighted by molar-refractivity contribution is 6.36. The van der Waals surface area contributed by atoms with Gasteiger partial charge in [0, 0.05) is 5.02 Å². The van der Waals surface area contributed by atoms with E-state index >= 15 is 0 Å². The van der Waals surface area contributed by atoms with Gasteiger partial charge >= 0.3 is 5.97 Å². The van der Waals surface area contributed by atoms with Gasteiger partial charge in [-0.25, -0.2) is 4.90 Å². The second-order valence-corrected chi connectivity index (χ2v) is 6.67. The molecule has 2 amide bonds. The van der Waals surface area contributed by atoms with Crippen LogP contribution in [0.25, 0.3) is 0 Å². The Labute approximate surface area is 159 Å². The minimum Gasteiger partial charge on any atom is -0.481 e. The number of aliphatic carboxylic acids is 1. The van der Waals surface area contributed by atoms with Gasteiger partial charge in [-0.1, -0.05) is 35.3 Å². The third-order valence-electron chi connectivity index (χ3n) is 3.96. The molecule has 1 aliphatic heterocycles. The largest absolute Gasteiger partial charge is 0.481 e. The molecule has 2 N–H and O–H groups in total. The molecule has 134 valence electrons. The number of halogens is 2. The van der Waals surface area contributed by atoms with E-state index in [1.54, 1.807) is 42.5 Å². The van der Waals surface area contributed by atoms with Crippen molar-refractivity contribution in [2.75, 3.05) is 10.2 Å². The highest BCUT2D eigenvalue weighted by Crippen LogP contribution is 2.29. The van der Waals surface area contributed by atoms with E-state index in [9.17, 15) is 14.4 Å². The molecule has 0 saturated carbocycles. The minimum atomic E-state index is -0.949. The Morgan fingerprint density at radius 1 is 1.15 bits per heavy atom. The van der Waals surface area contributed by atoms with Crippen molar-refractivity contribution in [2.45, 2.75) is 18.9 Å². The zero-order chi connectivity index (χ0) is 18.8. The predicted octanol–water partition coefficient (Wildman–Crippen LogP) is 3.36. The van der Waals surface area contributed by atoms with Crippen molar-refractivity contribution in [1.82, 2.24) is 0 Å². The molecule has 1 aliphatic rings. The van der Waals surface area contributed by atoms with Gasteiger partial charge in [-0.3, -0.25) is 14.4 Å². The Morgan fingerprint density at radius 2 is 1.85 bits per heavy atom. The molecule has 2 aromatic rings. The maximum atomic E-state index is 12.6. The molecule has 1 saturated heterocycles. The van der Waals surface area contributed by atoms with Crippen molar-refractivity contribution in [2.24, 2.45) is 0 Å². The van der Waals surface area contributed by atoms with Crippen LogP contribution in [0.4, 0.5) is 11.4 Å². The average molecular weight is 393 g/mol. The number of anilines is 2. The van der Waals surface area contributed by atoms with Crippen molar-refractivity contribution in [3.8, 4) is 0 Å². The molecule has 1 atom stereocenters. The van der Waals surface area contributed by atoms with Crippen molar-refractivity contribution in [1.29, 1.82) is 0 Å². The van der Waals surface area contributed by atoms with Crippen molar-refractivity contribution in [3.63, 3.8) is 0 Å². The zero-order valence-corrected chi connectivity index (χ0v) is 14.9. The van der Waals surface area contributed by atoms with Crippen molar-refractivity contribution in [3.05, 3.63) is 58.1 Å². The molecule has 1 fully saturated rings. The summed E-state index contributed by atoms with van der Waals surface area (Å²) in [7, 11) is 0. The molecular formula is C18H14Cl2N2O4. The van der Waals surface area contributed by atoms with Gasteiger partial charge < -0.3 is 10.4 Å². The highest BCUT2D eigenvalue weighted by atomic mass is 35.5. The van der Waals surface area contributed by atoms with Crippen molar-refractivity contribution >= 4 is 52.4 Å². The van der Waals surface area contributed by atoms with E-state index in [2.05, 4.69) is 5.32 Å². The number of amides is 2. The first kappa shape index (κ1) is 18.2. The fourth-order valence-corrected chi connectivity index (χ4v) is 3.21. The maximum Gasteiger partial charge on any atom is 0.307 e. The van der Waals surface area contributed by atoms with Crippen LogP contribution < -0.4 is 10.2 Å². The normalized spacial score (nSPS) is 16.8. The second kappa shape index (κ2) is 7.35. The molecule has 6 nitrogen and oxygen atoms in total. The molecular weight excluding hydrogens is 379 g/mol. The summed E-state index contributed by atoms with van der Waals surface area (Å²) >= 11 is 12.0. The second-order valence-electron chi connectivity index (χ2n) is 5.83. The topological polar surface area (TPSA) is 86.7 Å². The number of nitrogens with one attached hydrogen (secondary N) is 1. The number of carbonyl (C=O) groups is 3. The lowest BCUT2D eigenvalue weighted by Gasteiger charge is -2.17. The summed E-state index contributed by atoms with van der Waals surface area (Å²) in [4.78, 5) is 36.8. The van der Waals surface area contributed by atoms with E-state index < -0.39 is 17.9 Å². The van der Waals surface area contributed by atoms with Crippen LogP contribution in [-0.4, -0.2) is 28.9 Å². The molecule has 2 aromatic carbocycles. The van der Waals surface area contributed by atoms with Crippen LogP contribution in [0, 0.1) is 0 Å². The number of hydrogen-bond donors (Lipinski definition) is 2.